The van der Waals surface area contributed by atoms with Crippen LogP contribution in [-0.4, -0.2) is 45.7 Å². The zero-order valence-electron chi connectivity index (χ0n) is 10.4. The SMILES string of the molecule is Cc1ccsc1C=CC(=O)N1C[C@H](O)C[C@@H]1C(=O)O. The lowest BCUT2D eigenvalue weighted by molar-refractivity contribution is -0.146. The van der Waals surface area contributed by atoms with Gasteiger partial charge >= 0.3 is 5.97 Å². The predicted octanol–water partition coefficient (Wildman–Crippen LogP) is 1.12. The van der Waals surface area contributed by atoms with Gasteiger partial charge in [0.15, 0.2) is 0 Å². The van der Waals surface area contributed by atoms with Gasteiger partial charge in [-0.15, -0.1) is 11.3 Å². The molecule has 0 saturated carbocycles. The molecule has 1 aromatic rings. The summed E-state index contributed by atoms with van der Waals surface area (Å²) in [6, 6.07) is 1.02. The van der Waals surface area contributed by atoms with Gasteiger partial charge in [-0.2, -0.15) is 0 Å². The number of carboxylic acid groups (broad SMARTS) is 1. The molecule has 0 spiro atoms. The third-order valence-corrected chi connectivity index (χ3v) is 4.11. The summed E-state index contributed by atoms with van der Waals surface area (Å²) in [6.07, 6.45) is 2.38. The van der Waals surface area contributed by atoms with Gasteiger partial charge in [-0.05, 0) is 30.0 Å². The van der Waals surface area contributed by atoms with Crippen molar-refractivity contribution >= 4 is 29.3 Å². The Morgan fingerprint density at radius 3 is 2.84 bits per heavy atom. The first-order valence-corrected chi connectivity index (χ1v) is 6.80. The number of likely N-dealkylation sites (tertiary alicyclic amines) is 1. The smallest absolute Gasteiger partial charge is 0.326 e. The molecule has 2 rings (SSSR count). The lowest BCUT2D eigenvalue weighted by Crippen LogP contribution is -2.39. The minimum atomic E-state index is -1.08. The van der Waals surface area contributed by atoms with Crippen LogP contribution >= 0.6 is 11.3 Å². The van der Waals surface area contributed by atoms with Crippen molar-refractivity contribution in [2.45, 2.75) is 25.5 Å². The van der Waals surface area contributed by atoms with E-state index in [0.29, 0.717) is 0 Å². The molecule has 1 saturated heterocycles. The first kappa shape index (κ1) is 13.8. The Kier molecular flexibility index (Phi) is 4.01. The summed E-state index contributed by atoms with van der Waals surface area (Å²) >= 11 is 1.52. The molecule has 102 valence electrons. The minimum Gasteiger partial charge on any atom is -0.480 e. The van der Waals surface area contributed by atoms with Crippen LogP contribution in [0.2, 0.25) is 0 Å². The number of aliphatic hydroxyl groups excluding tert-OH is 1. The lowest BCUT2D eigenvalue weighted by atomic mass is 10.2. The molecule has 0 radical (unpaired) electrons. The summed E-state index contributed by atoms with van der Waals surface area (Å²) in [5.74, 6) is -1.46. The van der Waals surface area contributed by atoms with Gasteiger partial charge in [-0.25, -0.2) is 4.79 Å². The Labute approximate surface area is 114 Å². The number of carbonyl (C=O) groups excluding carboxylic acids is 1. The van der Waals surface area contributed by atoms with E-state index in [9.17, 15) is 14.7 Å². The second-order valence-corrected chi connectivity index (χ2v) is 5.48. The average Bonchev–Trinajstić information content (AvgIpc) is 2.92. The number of hydrogen-bond donors (Lipinski definition) is 2. The zero-order valence-corrected chi connectivity index (χ0v) is 11.3. The molecule has 1 fully saturated rings. The van der Waals surface area contributed by atoms with E-state index in [1.165, 1.54) is 22.3 Å². The van der Waals surface area contributed by atoms with Crippen molar-refractivity contribution in [1.29, 1.82) is 0 Å². The van der Waals surface area contributed by atoms with E-state index in [4.69, 9.17) is 5.11 Å². The van der Waals surface area contributed by atoms with E-state index in [0.717, 1.165) is 10.4 Å². The average molecular weight is 281 g/mol. The second-order valence-electron chi connectivity index (χ2n) is 4.54. The van der Waals surface area contributed by atoms with Gasteiger partial charge in [0.2, 0.25) is 5.91 Å². The van der Waals surface area contributed by atoms with Crippen molar-refractivity contribution in [2.24, 2.45) is 0 Å². The number of β-amino-alcohol motifs (C(OH)–C–C–N with tert-alkyl or cyclic N) is 1. The number of thiophene rings is 1. The van der Waals surface area contributed by atoms with Gasteiger partial charge in [0.1, 0.15) is 6.04 Å². The van der Waals surface area contributed by atoms with E-state index in [1.54, 1.807) is 6.08 Å². The molecule has 0 aliphatic carbocycles. The van der Waals surface area contributed by atoms with Crippen LogP contribution in [0.15, 0.2) is 17.5 Å². The van der Waals surface area contributed by atoms with Crippen LogP contribution in [0.5, 0.6) is 0 Å². The number of amides is 1. The number of aliphatic hydroxyl groups is 1. The normalized spacial score (nSPS) is 23.2. The van der Waals surface area contributed by atoms with Crippen LogP contribution in [0.1, 0.15) is 16.9 Å². The first-order valence-electron chi connectivity index (χ1n) is 5.92. The molecular weight excluding hydrogens is 266 g/mol. The summed E-state index contributed by atoms with van der Waals surface area (Å²) in [4.78, 5) is 25.2. The monoisotopic (exact) mass is 281 g/mol. The molecule has 2 heterocycles. The largest absolute Gasteiger partial charge is 0.480 e. The quantitative estimate of drug-likeness (QED) is 0.814. The zero-order chi connectivity index (χ0) is 14.0. The molecule has 2 atom stereocenters. The van der Waals surface area contributed by atoms with Gasteiger partial charge in [0, 0.05) is 23.9 Å². The Balaban J connectivity index is 2.09. The molecule has 2 N–H and O–H groups in total. The van der Waals surface area contributed by atoms with Crippen molar-refractivity contribution < 1.29 is 19.8 Å². The second kappa shape index (κ2) is 5.54. The number of nitrogens with zero attached hydrogens (tertiary/aromatic N) is 1. The third-order valence-electron chi connectivity index (χ3n) is 3.13. The number of carboxylic acids is 1. The molecule has 19 heavy (non-hydrogen) atoms. The fourth-order valence-corrected chi connectivity index (χ4v) is 2.91. The van der Waals surface area contributed by atoms with Crippen molar-refractivity contribution in [3.8, 4) is 0 Å². The highest BCUT2D eigenvalue weighted by molar-refractivity contribution is 7.11. The van der Waals surface area contributed by atoms with Gasteiger partial charge in [-0.3, -0.25) is 4.79 Å². The van der Waals surface area contributed by atoms with E-state index in [-0.39, 0.29) is 18.9 Å². The molecule has 1 aromatic heterocycles. The number of hydrogen-bond acceptors (Lipinski definition) is 4. The van der Waals surface area contributed by atoms with Crippen molar-refractivity contribution in [3.63, 3.8) is 0 Å². The lowest BCUT2D eigenvalue weighted by Gasteiger charge is -2.19. The molecule has 0 aromatic carbocycles. The van der Waals surface area contributed by atoms with Gasteiger partial charge in [0.25, 0.3) is 0 Å². The number of carbonyl (C=O) groups is 2. The van der Waals surface area contributed by atoms with Gasteiger partial charge in [0.05, 0.1) is 6.10 Å². The summed E-state index contributed by atoms with van der Waals surface area (Å²) < 4.78 is 0. The summed E-state index contributed by atoms with van der Waals surface area (Å²) in [5.41, 5.74) is 1.07. The molecule has 0 unspecified atom stereocenters. The maximum Gasteiger partial charge on any atom is 0.326 e. The van der Waals surface area contributed by atoms with Crippen LogP contribution < -0.4 is 0 Å². The topological polar surface area (TPSA) is 77.8 Å². The van der Waals surface area contributed by atoms with Crippen LogP contribution in [0.4, 0.5) is 0 Å². The maximum atomic E-state index is 12.0. The highest BCUT2D eigenvalue weighted by atomic mass is 32.1. The fraction of sp³-hybridized carbons (Fsp3) is 0.385. The van der Waals surface area contributed by atoms with E-state index >= 15 is 0 Å². The molecule has 5 nitrogen and oxygen atoms in total. The third kappa shape index (κ3) is 3.02. The van der Waals surface area contributed by atoms with Crippen LogP contribution in [0.25, 0.3) is 6.08 Å². The minimum absolute atomic E-state index is 0.0730. The molecule has 6 heteroatoms. The summed E-state index contributed by atoms with van der Waals surface area (Å²) in [7, 11) is 0. The Morgan fingerprint density at radius 2 is 2.26 bits per heavy atom. The van der Waals surface area contributed by atoms with E-state index in [2.05, 4.69) is 0 Å². The molecule has 0 bridgehead atoms. The predicted molar refractivity (Wildman–Crippen MR) is 71.9 cm³/mol. The van der Waals surface area contributed by atoms with Gasteiger partial charge in [-0.1, -0.05) is 0 Å². The molecule has 1 aliphatic heterocycles. The van der Waals surface area contributed by atoms with Crippen molar-refractivity contribution in [2.75, 3.05) is 6.54 Å². The maximum absolute atomic E-state index is 12.0. The Bertz CT molecular complexity index is 522. The fourth-order valence-electron chi connectivity index (χ4n) is 2.09. The van der Waals surface area contributed by atoms with Crippen LogP contribution in [0, 0.1) is 6.92 Å². The van der Waals surface area contributed by atoms with Crippen LogP contribution in [0.3, 0.4) is 0 Å². The van der Waals surface area contributed by atoms with Crippen LogP contribution in [-0.2, 0) is 9.59 Å². The molecule has 1 aliphatic rings. The number of aryl methyl sites for hydroxylation is 1. The Morgan fingerprint density at radius 1 is 1.53 bits per heavy atom. The Hall–Kier alpha value is -1.66. The van der Waals surface area contributed by atoms with Crippen molar-refractivity contribution in [1.82, 2.24) is 4.90 Å². The van der Waals surface area contributed by atoms with Gasteiger partial charge < -0.3 is 15.1 Å². The highest BCUT2D eigenvalue weighted by Crippen LogP contribution is 2.20. The summed E-state index contributed by atoms with van der Waals surface area (Å²) in [6.45, 7) is 2.02. The standard InChI is InChI=1S/C13H15NO4S/c1-8-4-5-19-11(8)2-3-12(16)14-7-9(15)6-10(14)13(17)18/h2-5,9-10,15H,6-7H2,1H3,(H,17,18)/t9-,10-/m1/s1. The summed E-state index contributed by atoms with van der Waals surface area (Å²) in [5, 5.41) is 20.4. The molecular formula is C13H15NO4S. The highest BCUT2D eigenvalue weighted by Gasteiger charge is 2.37. The first-order chi connectivity index (χ1) is 8.99. The van der Waals surface area contributed by atoms with E-state index < -0.39 is 18.1 Å². The number of rotatable bonds is 3. The van der Waals surface area contributed by atoms with Crippen molar-refractivity contribution in [3.05, 3.63) is 28.0 Å². The molecule has 1 amide bonds. The number of aliphatic carboxylic acids is 1. The van der Waals surface area contributed by atoms with E-state index in [1.807, 2.05) is 18.4 Å².